The van der Waals surface area contributed by atoms with Gasteiger partial charge >= 0.3 is 5.97 Å². The highest BCUT2D eigenvalue weighted by atomic mass is 16.4. The Kier molecular flexibility index (Phi) is 6.05. The molecular weight excluding hydrogens is 316 g/mol. The van der Waals surface area contributed by atoms with E-state index in [4.69, 9.17) is 5.11 Å². The van der Waals surface area contributed by atoms with E-state index < -0.39 is 18.4 Å². The van der Waals surface area contributed by atoms with Crippen molar-refractivity contribution in [1.29, 1.82) is 0 Å². The molecule has 1 aliphatic rings. The fourth-order valence-electron chi connectivity index (χ4n) is 2.67. The molecule has 1 heterocycles. The van der Waals surface area contributed by atoms with Gasteiger partial charge in [-0.1, -0.05) is 19.3 Å². The molecule has 3 N–H and O–H groups in total. The topological polar surface area (TPSA) is 130 Å². The fourth-order valence-corrected chi connectivity index (χ4v) is 2.67. The molecule has 0 bridgehead atoms. The monoisotopic (exact) mass is 336 g/mol. The first-order chi connectivity index (χ1) is 11.5. The van der Waals surface area contributed by atoms with Crippen LogP contribution in [-0.2, 0) is 16.1 Å². The van der Waals surface area contributed by atoms with Crippen LogP contribution in [0.4, 0.5) is 0 Å². The predicted octanol–water partition coefficient (Wildman–Crippen LogP) is -0.0411. The number of nitrogens with zero attached hydrogens (tertiary/aromatic N) is 2. The second-order valence-corrected chi connectivity index (χ2v) is 5.71. The first kappa shape index (κ1) is 17.6. The summed E-state index contributed by atoms with van der Waals surface area (Å²) in [6.07, 6.45) is 5.72. The highest BCUT2D eigenvalue weighted by Gasteiger charge is 2.19. The molecule has 1 aromatic heterocycles. The summed E-state index contributed by atoms with van der Waals surface area (Å²) in [5, 5.41) is 17.5. The van der Waals surface area contributed by atoms with E-state index in [1.54, 1.807) is 0 Å². The summed E-state index contributed by atoms with van der Waals surface area (Å²) in [6, 6.07) is 1.36. The number of aliphatic carboxylic acids is 1. The minimum absolute atomic E-state index is 0.0780. The summed E-state index contributed by atoms with van der Waals surface area (Å²) >= 11 is 0. The highest BCUT2D eigenvalue weighted by Crippen LogP contribution is 2.17. The molecule has 1 fully saturated rings. The standard InChI is InChI=1S/C15H20N4O5/c20-9-11-6-12(15(24)16-7-14(22)23)18-19(11)8-13(21)17-10-4-2-1-3-5-10/h6,9-10H,1-5,7-8H2,(H,16,24)(H,17,21)(H,22,23). The Hall–Kier alpha value is -2.71. The molecule has 1 aromatic rings. The average Bonchev–Trinajstić information content (AvgIpc) is 2.96. The van der Waals surface area contributed by atoms with E-state index in [0.29, 0.717) is 6.29 Å². The second kappa shape index (κ2) is 8.23. The van der Waals surface area contributed by atoms with Crippen LogP contribution in [0.25, 0.3) is 0 Å². The Morgan fingerprint density at radius 2 is 2.00 bits per heavy atom. The average molecular weight is 336 g/mol. The van der Waals surface area contributed by atoms with Crippen LogP contribution < -0.4 is 10.6 Å². The van der Waals surface area contributed by atoms with Gasteiger partial charge in [0.15, 0.2) is 12.0 Å². The van der Waals surface area contributed by atoms with Crippen LogP contribution >= 0.6 is 0 Å². The third-order valence-electron chi connectivity index (χ3n) is 3.83. The molecule has 1 aliphatic carbocycles. The lowest BCUT2D eigenvalue weighted by atomic mass is 9.95. The summed E-state index contributed by atoms with van der Waals surface area (Å²) in [5.74, 6) is -2.18. The quantitative estimate of drug-likeness (QED) is 0.599. The Labute approximate surface area is 138 Å². The van der Waals surface area contributed by atoms with Gasteiger partial charge in [-0.25, -0.2) is 0 Å². The smallest absolute Gasteiger partial charge is 0.322 e. The van der Waals surface area contributed by atoms with Gasteiger partial charge in [0, 0.05) is 6.04 Å². The van der Waals surface area contributed by atoms with Crippen molar-refractivity contribution in [2.45, 2.75) is 44.7 Å². The van der Waals surface area contributed by atoms with Crippen molar-refractivity contribution in [3.63, 3.8) is 0 Å². The van der Waals surface area contributed by atoms with Crippen LogP contribution in [0.15, 0.2) is 6.07 Å². The number of nitrogens with one attached hydrogen (secondary N) is 2. The van der Waals surface area contributed by atoms with E-state index in [1.165, 1.54) is 12.5 Å². The van der Waals surface area contributed by atoms with Gasteiger partial charge in [-0.3, -0.25) is 23.9 Å². The van der Waals surface area contributed by atoms with E-state index in [2.05, 4.69) is 15.7 Å². The number of carboxylic acids is 1. The fraction of sp³-hybridized carbons (Fsp3) is 0.533. The zero-order valence-electron chi connectivity index (χ0n) is 13.2. The Morgan fingerprint density at radius 3 is 2.62 bits per heavy atom. The molecule has 9 heteroatoms. The molecule has 24 heavy (non-hydrogen) atoms. The second-order valence-electron chi connectivity index (χ2n) is 5.71. The number of carboxylic acid groups (broad SMARTS) is 1. The largest absolute Gasteiger partial charge is 0.480 e. The van der Waals surface area contributed by atoms with Crippen molar-refractivity contribution in [3.8, 4) is 0 Å². The van der Waals surface area contributed by atoms with Gasteiger partial charge in [-0.05, 0) is 18.9 Å². The molecule has 0 aliphatic heterocycles. The van der Waals surface area contributed by atoms with Gasteiger partial charge in [0.05, 0.1) is 0 Å². The molecule has 0 saturated heterocycles. The number of rotatable bonds is 7. The first-order valence-electron chi connectivity index (χ1n) is 7.82. The summed E-state index contributed by atoms with van der Waals surface area (Å²) in [7, 11) is 0. The van der Waals surface area contributed by atoms with Crippen molar-refractivity contribution in [3.05, 3.63) is 17.5 Å². The summed E-state index contributed by atoms with van der Waals surface area (Å²) in [4.78, 5) is 45.4. The van der Waals surface area contributed by atoms with E-state index in [-0.39, 0.29) is 29.9 Å². The van der Waals surface area contributed by atoms with E-state index in [0.717, 1.165) is 30.4 Å². The number of carbonyl (C=O) groups is 4. The normalized spacial score (nSPS) is 14.8. The van der Waals surface area contributed by atoms with Crippen LogP contribution in [0.2, 0.25) is 0 Å². The molecule has 9 nitrogen and oxygen atoms in total. The number of hydrogen-bond donors (Lipinski definition) is 3. The van der Waals surface area contributed by atoms with Crippen LogP contribution in [0, 0.1) is 0 Å². The van der Waals surface area contributed by atoms with Crippen LogP contribution in [0.1, 0.15) is 53.1 Å². The molecular formula is C15H20N4O5. The Morgan fingerprint density at radius 1 is 1.29 bits per heavy atom. The maximum atomic E-state index is 12.1. The van der Waals surface area contributed by atoms with E-state index >= 15 is 0 Å². The zero-order chi connectivity index (χ0) is 17.5. The summed E-state index contributed by atoms with van der Waals surface area (Å²) in [6.45, 7) is -0.721. The van der Waals surface area contributed by atoms with Gasteiger partial charge in [-0.15, -0.1) is 0 Å². The minimum Gasteiger partial charge on any atom is -0.480 e. The van der Waals surface area contributed by atoms with Crippen molar-refractivity contribution in [2.75, 3.05) is 6.54 Å². The first-order valence-corrected chi connectivity index (χ1v) is 7.82. The van der Waals surface area contributed by atoms with E-state index in [1.807, 2.05) is 0 Å². The molecule has 1 saturated carbocycles. The summed E-state index contributed by atoms with van der Waals surface area (Å²) in [5.41, 5.74) is -0.0296. The van der Waals surface area contributed by atoms with Crippen molar-refractivity contribution < 1.29 is 24.3 Å². The molecule has 0 spiro atoms. The molecule has 0 unspecified atom stereocenters. The third kappa shape index (κ3) is 4.90. The number of aldehydes is 1. The Balaban J connectivity index is 1.98. The molecule has 130 valence electrons. The molecule has 2 amide bonds. The SMILES string of the molecule is O=Cc1cc(C(=O)NCC(=O)O)nn1CC(=O)NC1CCCCC1. The number of hydrogen-bond acceptors (Lipinski definition) is 5. The van der Waals surface area contributed by atoms with Crippen molar-refractivity contribution in [2.24, 2.45) is 0 Å². The van der Waals surface area contributed by atoms with Gasteiger partial charge in [0.2, 0.25) is 5.91 Å². The molecule has 2 rings (SSSR count). The van der Waals surface area contributed by atoms with Gasteiger partial charge in [0.1, 0.15) is 18.8 Å². The number of amides is 2. The number of aromatic nitrogens is 2. The van der Waals surface area contributed by atoms with Crippen molar-refractivity contribution in [1.82, 2.24) is 20.4 Å². The van der Waals surface area contributed by atoms with Crippen LogP contribution in [-0.4, -0.2) is 51.5 Å². The third-order valence-corrected chi connectivity index (χ3v) is 3.83. The van der Waals surface area contributed by atoms with Gasteiger partial charge < -0.3 is 15.7 Å². The van der Waals surface area contributed by atoms with Gasteiger partial charge in [-0.2, -0.15) is 5.10 Å². The zero-order valence-corrected chi connectivity index (χ0v) is 13.2. The molecule has 0 radical (unpaired) electrons. The summed E-state index contributed by atoms with van der Waals surface area (Å²) < 4.78 is 1.14. The predicted molar refractivity (Wildman–Crippen MR) is 82.6 cm³/mol. The maximum Gasteiger partial charge on any atom is 0.322 e. The van der Waals surface area contributed by atoms with Gasteiger partial charge in [0.25, 0.3) is 5.91 Å². The van der Waals surface area contributed by atoms with Crippen LogP contribution in [0.3, 0.4) is 0 Å². The van der Waals surface area contributed by atoms with Crippen LogP contribution in [0.5, 0.6) is 0 Å². The lowest BCUT2D eigenvalue weighted by Crippen LogP contribution is -2.38. The Bertz CT molecular complexity index is 634. The molecule has 0 aromatic carbocycles. The number of carbonyl (C=O) groups excluding carboxylic acids is 3. The van der Waals surface area contributed by atoms with Crippen molar-refractivity contribution >= 4 is 24.1 Å². The minimum atomic E-state index is -1.19. The lowest BCUT2D eigenvalue weighted by Gasteiger charge is -2.22. The molecule has 0 atom stereocenters. The van der Waals surface area contributed by atoms with E-state index in [9.17, 15) is 19.2 Å². The highest BCUT2D eigenvalue weighted by molar-refractivity contribution is 5.95. The lowest BCUT2D eigenvalue weighted by molar-refractivity contribution is -0.135. The maximum absolute atomic E-state index is 12.1.